The van der Waals surface area contributed by atoms with Crippen molar-refractivity contribution >= 4 is 23.0 Å². The molecule has 0 saturated heterocycles. The molecule has 1 aromatic carbocycles. The Kier molecular flexibility index (Phi) is 4.16. The number of nitrogens with one attached hydrogen (secondary N) is 2. The third-order valence-corrected chi connectivity index (χ3v) is 3.33. The van der Waals surface area contributed by atoms with E-state index in [1.54, 1.807) is 0 Å². The molecule has 0 atom stereocenters. The van der Waals surface area contributed by atoms with E-state index in [1.165, 1.54) is 5.56 Å². The highest BCUT2D eigenvalue weighted by Gasteiger charge is 2.04. The van der Waals surface area contributed by atoms with Crippen molar-refractivity contribution in [3.8, 4) is 0 Å². The van der Waals surface area contributed by atoms with Gasteiger partial charge in [-0.1, -0.05) is 17.7 Å². The lowest BCUT2D eigenvalue weighted by molar-refractivity contribution is 0.736. The first-order valence-electron chi connectivity index (χ1n) is 6.15. The van der Waals surface area contributed by atoms with Crippen LogP contribution in [0.5, 0.6) is 0 Å². The van der Waals surface area contributed by atoms with E-state index in [1.807, 2.05) is 37.0 Å². The molecule has 0 saturated carbocycles. The summed E-state index contributed by atoms with van der Waals surface area (Å²) in [6.07, 6.45) is 1.86. The van der Waals surface area contributed by atoms with Crippen LogP contribution in [0.1, 0.15) is 16.8 Å². The highest BCUT2D eigenvalue weighted by atomic mass is 32.1. The zero-order valence-electron chi connectivity index (χ0n) is 11.4. The first kappa shape index (κ1) is 13.5. The van der Waals surface area contributed by atoms with Crippen molar-refractivity contribution in [3.63, 3.8) is 0 Å². The number of benzene rings is 1. The SMILES string of the molecule is Cc1ccc(NC(=S)NCc2cnn(C)c2C)cc1. The third-order valence-electron chi connectivity index (χ3n) is 3.09. The minimum Gasteiger partial charge on any atom is -0.358 e. The Morgan fingerprint density at radius 2 is 1.95 bits per heavy atom. The van der Waals surface area contributed by atoms with E-state index in [2.05, 4.69) is 34.8 Å². The molecule has 2 N–H and O–H groups in total. The summed E-state index contributed by atoms with van der Waals surface area (Å²) in [4.78, 5) is 0. The molecule has 1 heterocycles. The molecule has 0 spiro atoms. The van der Waals surface area contributed by atoms with E-state index in [0.717, 1.165) is 16.9 Å². The van der Waals surface area contributed by atoms with Gasteiger partial charge in [0.1, 0.15) is 0 Å². The number of thiocarbonyl (C=S) groups is 1. The van der Waals surface area contributed by atoms with Gasteiger partial charge in [-0.25, -0.2) is 0 Å². The van der Waals surface area contributed by atoms with E-state index in [0.29, 0.717) is 11.7 Å². The Morgan fingerprint density at radius 3 is 2.53 bits per heavy atom. The molecule has 0 aliphatic carbocycles. The summed E-state index contributed by atoms with van der Waals surface area (Å²) in [5.74, 6) is 0. The molecule has 19 heavy (non-hydrogen) atoms. The lowest BCUT2D eigenvalue weighted by Crippen LogP contribution is -2.28. The van der Waals surface area contributed by atoms with Crippen molar-refractivity contribution in [3.05, 3.63) is 47.3 Å². The Hall–Kier alpha value is -1.88. The fourth-order valence-electron chi connectivity index (χ4n) is 1.71. The van der Waals surface area contributed by atoms with Crippen LogP contribution in [0.4, 0.5) is 5.69 Å². The van der Waals surface area contributed by atoms with Gasteiger partial charge in [0.15, 0.2) is 5.11 Å². The van der Waals surface area contributed by atoms with Crippen molar-refractivity contribution < 1.29 is 0 Å². The molecule has 0 unspecified atom stereocenters. The molecule has 0 aliphatic heterocycles. The van der Waals surface area contributed by atoms with Crippen LogP contribution in [0.3, 0.4) is 0 Å². The Labute approximate surface area is 118 Å². The fraction of sp³-hybridized carbons (Fsp3) is 0.286. The first-order chi connectivity index (χ1) is 9.06. The van der Waals surface area contributed by atoms with Gasteiger partial charge in [-0.05, 0) is 38.2 Å². The second kappa shape index (κ2) is 5.84. The fourth-order valence-corrected chi connectivity index (χ4v) is 1.90. The maximum absolute atomic E-state index is 5.27. The molecule has 2 aromatic rings. The van der Waals surface area contributed by atoms with Crippen LogP contribution in [-0.4, -0.2) is 14.9 Å². The summed E-state index contributed by atoms with van der Waals surface area (Å²) >= 11 is 5.27. The second-order valence-electron chi connectivity index (χ2n) is 4.55. The molecule has 4 nitrogen and oxygen atoms in total. The number of rotatable bonds is 3. The van der Waals surface area contributed by atoms with E-state index >= 15 is 0 Å². The monoisotopic (exact) mass is 274 g/mol. The van der Waals surface area contributed by atoms with Crippen LogP contribution in [0.2, 0.25) is 0 Å². The van der Waals surface area contributed by atoms with Gasteiger partial charge in [-0.15, -0.1) is 0 Å². The van der Waals surface area contributed by atoms with Crippen molar-refractivity contribution in [2.75, 3.05) is 5.32 Å². The topological polar surface area (TPSA) is 41.9 Å². The summed E-state index contributed by atoms with van der Waals surface area (Å²) in [5, 5.41) is 11.2. The Bertz CT molecular complexity index is 572. The summed E-state index contributed by atoms with van der Waals surface area (Å²) < 4.78 is 1.85. The second-order valence-corrected chi connectivity index (χ2v) is 4.96. The van der Waals surface area contributed by atoms with E-state index in [4.69, 9.17) is 12.2 Å². The maximum Gasteiger partial charge on any atom is 0.171 e. The molecule has 100 valence electrons. The van der Waals surface area contributed by atoms with Gasteiger partial charge in [0.05, 0.1) is 6.20 Å². The van der Waals surface area contributed by atoms with Crippen LogP contribution < -0.4 is 10.6 Å². The van der Waals surface area contributed by atoms with Gasteiger partial charge in [0.25, 0.3) is 0 Å². The number of aryl methyl sites for hydroxylation is 2. The molecule has 1 aromatic heterocycles. The number of hydrogen-bond acceptors (Lipinski definition) is 2. The summed E-state index contributed by atoms with van der Waals surface area (Å²) in [6, 6.07) is 8.13. The van der Waals surface area contributed by atoms with Crippen LogP contribution >= 0.6 is 12.2 Å². The predicted octanol–water partition coefficient (Wildman–Crippen LogP) is 2.52. The van der Waals surface area contributed by atoms with Gasteiger partial charge >= 0.3 is 0 Å². The minimum absolute atomic E-state index is 0.618. The number of aromatic nitrogens is 2. The predicted molar refractivity (Wildman–Crippen MR) is 82.2 cm³/mol. The lowest BCUT2D eigenvalue weighted by atomic mass is 10.2. The maximum atomic E-state index is 5.27. The first-order valence-corrected chi connectivity index (χ1v) is 6.56. The van der Waals surface area contributed by atoms with Crippen molar-refractivity contribution in [1.82, 2.24) is 15.1 Å². The van der Waals surface area contributed by atoms with Gasteiger partial charge in [0.2, 0.25) is 0 Å². The lowest BCUT2D eigenvalue weighted by Gasteiger charge is -2.10. The molecule has 0 aliphatic rings. The highest BCUT2D eigenvalue weighted by molar-refractivity contribution is 7.80. The Balaban J connectivity index is 1.88. The van der Waals surface area contributed by atoms with Gasteiger partial charge in [0, 0.05) is 30.5 Å². The smallest absolute Gasteiger partial charge is 0.171 e. The average molecular weight is 274 g/mol. The highest BCUT2D eigenvalue weighted by Crippen LogP contribution is 2.09. The molecule has 5 heteroatoms. The van der Waals surface area contributed by atoms with Gasteiger partial charge in [-0.2, -0.15) is 5.10 Å². The van der Waals surface area contributed by atoms with Crippen molar-refractivity contribution in [1.29, 1.82) is 0 Å². The van der Waals surface area contributed by atoms with E-state index in [9.17, 15) is 0 Å². The average Bonchev–Trinajstić information content (AvgIpc) is 2.70. The standard InChI is InChI=1S/C14H18N4S/c1-10-4-6-13(7-5-10)17-14(19)15-8-12-9-16-18(3)11(12)2/h4-7,9H,8H2,1-3H3,(H2,15,17,19). The molecular formula is C14H18N4S. The van der Waals surface area contributed by atoms with E-state index < -0.39 is 0 Å². The van der Waals surface area contributed by atoms with Gasteiger partial charge in [-0.3, -0.25) is 4.68 Å². The number of hydrogen-bond donors (Lipinski definition) is 2. The normalized spacial score (nSPS) is 10.3. The van der Waals surface area contributed by atoms with Crippen LogP contribution in [0.15, 0.2) is 30.5 Å². The molecule has 0 bridgehead atoms. The molecule has 0 amide bonds. The largest absolute Gasteiger partial charge is 0.358 e. The summed E-state index contributed by atoms with van der Waals surface area (Å²) in [5.41, 5.74) is 4.52. The van der Waals surface area contributed by atoms with Crippen LogP contribution in [0, 0.1) is 13.8 Å². The number of anilines is 1. The number of nitrogens with zero attached hydrogens (tertiary/aromatic N) is 2. The molecule has 0 radical (unpaired) electrons. The summed E-state index contributed by atoms with van der Waals surface area (Å²) in [7, 11) is 1.93. The Morgan fingerprint density at radius 1 is 1.26 bits per heavy atom. The van der Waals surface area contributed by atoms with Gasteiger partial charge < -0.3 is 10.6 Å². The minimum atomic E-state index is 0.618. The zero-order valence-corrected chi connectivity index (χ0v) is 12.2. The summed E-state index contributed by atoms with van der Waals surface area (Å²) in [6.45, 7) is 4.78. The molecule has 0 fully saturated rings. The quantitative estimate of drug-likeness (QED) is 0.844. The van der Waals surface area contributed by atoms with Crippen molar-refractivity contribution in [2.45, 2.75) is 20.4 Å². The van der Waals surface area contributed by atoms with E-state index in [-0.39, 0.29) is 0 Å². The molecule has 2 rings (SSSR count). The van der Waals surface area contributed by atoms with Crippen LogP contribution in [0.25, 0.3) is 0 Å². The van der Waals surface area contributed by atoms with Crippen LogP contribution in [-0.2, 0) is 13.6 Å². The zero-order chi connectivity index (χ0) is 13.8. The molecular weight excluding hydrogens is 256 g/mol. The third kappa shape index (κ3) is 3.54. The van der Waals surface area contributed by atoms with Crippen molar-refractivity contribution in [2.24, 2.45) is 7.05 Å².